The summed E-state index contributed by atoms with van der Waals surface area (Å²) < 4.78 is 0. The molecule has 0 radical (unpaired) electrons. The lowest BCUT2D eigenvalue weighted by molar-refractivity contribution is 0.0665. The van der Waals surface area contributed by atoms with Crippen molar-refractivity contribution in [2.75, 3.05) is 0 Å². The summed E-state index contributed by atoms with van der Waals surface area (Å²) in [6.07, 6.45) is 17.6. The lowest BCUT2D eigenvalue weighted by Gasteiger charge is -2.37. The van der Waals surface area contributed by atoms with E-state index < -0.39 is 0 Å². The molecule has 2 bridgehead atoms. The molecule has 2 nitrogen and oxygen atoms in total. The number of hydrogen-bond donors (Lipinski definition) is 0. The summed E-state index contributed by atoms with van der Waals surface area (Å²) >= 11 is 0. The van der Waals surface area contributed by atoms with Crippen LogP contribution in [0.3, 0.4) is 0 Å². The number of Topliss-reactive ketones (excluding diaryl/α,β-unsaturated/α-hetero) is 2. The van der Waals surface area contributed by atoms with E-state index in [9.17, 15) is 9.59 Å². The Kier molecular flexibility index (Phi) is 6.51. The number of rotatable bonds is 8. The average molecular weight is 429 g/mol. The molecule has 0 spiro atoms. The first kappa shape index (κ1) is 22.7. The Bertz CT molecular complexity index is 1030. The fourth-order valence-corrected chi connectivity index (χ4v) is 5.98. The van der Waals surface area contributed by atoms with Gasteiger partial charge in [0.05, 0.1) is 0 Å². The second kappa shape index (κ2) is 9.17. The Labute approximate surface area is 193 Å². The van der Waals surface area contributed by atoms with Gasteiger partial charge < -0.3 is 0 Å². The zero-order valence-electron chi connectivity index (χ0n) is 20.0. The number of carbonyl (C=O) groups is 2. The Hall–Kier alpha value is -2.48. The Morgan fingerprint density at radius 2 is 1.53 bits per heavy atom. The highest BCUT2D eigenvalue weighted by Crippen LogP contribution is 2.61. The van der Waals surface area contributed by atoms with Crippen molar-refractivity contribution < 1.29 is 9.59 Å². The first-order valence-corrected chi connectivity index (χ1v) is 12.1. The maximum absolute atomic E-state index is 13.4. The van der Waals surface area contributed by atoms with E-state index >= 15 is 0 Å². The normalized spacial score (nSPS) is 28.7. The summed E-state index contributed by atoms with van der Waals surface area (Å²) in [7, 11) is 0. The number of carbonyl (C=O) groups excluding carboxylic acids is 2. The number of hydrogen-bond acceptors (Lipinski definition) is 2. The van der Waals surface area contributed by atoms with Crippen molar-refractivity contribution in [2.45, 2.75) is 66.2 Å². The van der Waals surface area contributed by atoms with Crippen LogP contribution in [0.4, 0.5) is 0 Å². The van der Waals surface area contributed by atoms with Crippen molar-refractivity contribution in [3.63, 3.8) is 0 Å². The molecule has 3 aliphatic carbocycles. The van der Waals surface area contributed by atoms with Gasteiger partial charge in [-0.3, -0.25) is 9.59 Å². The molecular formula is C30H36O2. The molecule has 2 heteroatoms. The predicted molar refractivity (Wildman–Crippen MR) is 132 cm³/mol. The summed E-state index contributed by atoms with van der Waals surface area (Å²) in [5, 5.41) is 0. The monoisotopic (exact) mass is 428 g/mol. The molecule has 0 saturated heterocycles. The van der Waals surface area contributed by atoms with Crippen LogP contribution in [0.25, 0.3) is 0 Å². The molecule has 1 fully saturated rings. The van der Waals surface area contributed by atoms with Gasteiger partial charge in [0, 0.05) is 28.4 Å². The third kappa shape index (κ3) is 4.25. The van der Waals surface area contributed by atoms with Crippen molar-refractivity contribution >= 4 is 11.6 Å². The molecule has 0 heterocycles. The molecule has 2 unspecified atom stereocenters. The highest BCUT2D eigenvalue weighted by atomic mass is 16.1. The standard InChI is InChI=1S/C30H36O2/c1-20(2)9-7-10-21(3)11-8-12-22(4)15-17-30-18-16-23(19-30)26-27(30)29(32)25-14-6-5-13-24(25)28(26)31/h5-6,9,11,13-16,18,23,26-27H,7-8,10,12,17,19H2,1-4H3/t23-,26?,27?,30+/m1/s1. The number of allylic oxidation sites excluding steroid dienone is 8. The van der Waals surface area contributed by atoms with Crippen LogP contribution in [0.15, 0.2) is 71.4 Å². The van der Waals surface area contributed by atoms with E-state index in [1.165, 1.54) is 16.7 Å². The minimum absolute atomic E-state index is 0.164. The highest BCUT2D eigenvalue weighted by molar-refractivity contribution is 6.17. The number of benzene rings is 1. The second-order valence-electron chi connectivity index (χ2n) is 10.4. The molecule has 0 aromatic heterocycles. The van der Waals surface area contributed by atoms with E-state index in [1.54, 1.807) is 0 Å². The van der Waals surface area contributed by atoms with Gasteiger partial charge in [-0.05, 0) is 72.1 Å². The van der Waals surface area contributed by atoms with E-state index in [0.717, 1.165) is 38.5 Å². The van der Waals surface area contributed by atoms with Crippen LogP contribution in [0.2, 0.25) is 0 Å². The average Bonchev–Trinajstić information content (AvgIpc) is 3.33. The fourth-order valence-electron chi connectivity index (χ4n) is 5.98. The lowest BCUT2D eigenvalue weighted by atomic mass is 9.63. The number of ketones is 2. The zero-order valence-corrected chi connectivity index (χ0v) is 20.0. The molecule has 0 N–H and O–H groups in total. The highest BCUT2D eigenvalue weighted by Gasteiger charge is 2.61. The third-order valence-electron chi connectivity index (χ3n) is 7.73. The minimum atomic E-state index is -0.193. The molecule has 4 rings (SSSR count). The summed E-state index contributed by atoms with van der Waals surface area (Å²) in [6.45, 7) is 8.73. The maximum Gasteiger partial charge on any atom is 0.168 e. The van der Waals surface area contributed by atoms with Crippen LogP contribution < -0.4 is 0 Å². The first-order chi connectivity index (χ1) is 15.3. The maximum atomic E-state index is 13.4. The topological polar surface area (TPSA) is 34.1 Å². The first-order valence-electron chi connectivity index (χ1n) is 12.1. The molecular weight excluding hydrogens is 392 g/mol. The minimum Gasteiger partial charge on any atom is -0.294 e. The zero-order chi connectivity index (χ0) is 22.9. The summed E-state index contributed by atoms with van der Waals surface area (Å²) in [4.78, 5) is 26.7. The molecule has 0 amide bonds. The Morgan fingerprint density at radius 3 is 2.22 bits per heavy atom. The van der Waals surface area contributed by atoms with Crippen LogP contribution >= 0.6 is 0 Å². The molecule has 4 atom stereocenters. The fraction of sp³-hybridized carbons (Fsp3) is 0.467. The van der Waals surface area contributed by atoms with Gasteiger partial charge in [-0.1, -0.05) is 71.4 Å². The largest absolute Gasteiger partial charge is 0.294 e. The van der Waals surface area contributed by atoms with E-state index in [2.05, 4.69) is 58.1 Å². The quantitative estimate of drug-likeness (QED) is 0.398. The van der Waals surface area contributed by atoms with Crippen LogP contribution in [0, 0.1) is 23.2 Å². The summed E-state index contributed by atoms with van der Waals surface area (Å²) in [6, 6.07) is 7.41. The Morgan fingerprint density at radius 1 is 0.906 bits per heavy atom. The third-order valence-corrected chi connectivity index (χ3v) is 7.73. The van der Waals surface area contributed by atoms with Crippen molar-refractivity contribution in [1.82, 2.24) is 0 Å². The van der Waals surface area contributed by atoms with Gasteiger partial charge in [-0.2, -0.15) is 0 Å². The number of fused-ring (bicyclic) bond motifs is 6. The van der Waals surface area contributed by atoms with Gasteiger partial charge in [0.25, 0.3) is 0 Å². The van der Waals surface area contributed by atoms with E-state index in [1.807, 2.05) is 24.3 Å². The van der Waals surface area contributed by atoms with Crippen LogP contribution in [0.1, 0.15) is 86.9 Å². The van der Waals surface area contributed by atoms with Gasteiger partial charge in [0.2, 0.25) is 0 Å². The SMILES string of the molecule is CC(C)=CCCC(C)=CCCC(C)=CC[C@]12C=C[C@H](C1)C1C(=O)c3ccccc3C(=O)C12. The van der Waals surface area contributed by atoms with Crippen molar-refractivity contribution in [2.24, 2.45) is 23.2 Å². The molecule has 168 valence electrons. The van der Waals surface area contributed by atoms with Gasteiger partial charge in [-0.15, -0.1) is 0 Å². The Balaban J connectivity index is 1.42. The van der Waals surface area contributed by atoms with Gasteiger partial charge in [0.15, 0.2) is 11.6 Å². The van der Waals surface area contributed by atoms with Crippen molar-refractivity contribution in [3.05, 3.63) is 82.5 Å². The van der Waals surface area contributed by atoms with Gasteiger partial charge in [-0.25, -0.2) is 0 Å². The molecule has 1 aromatic rings. The molecule has 32 heavy (non-hydrogen) atoms. The summed E-state index contributed by atoms with van der Waals surface area (Å²) in [5.74, 6) is 0.211. The molecule has 1 saturated carbocycles. The molecule has 3 aliphatic rings. The van der Waals surface area contributed by atoms with Gasteiger partial charge in [0.1, 0.15) is 0 Å². The van der Waals surface area contributed by atoms with Gasteiger partial charge >= 0.3 is 0 Å². The van der Waals surface area contributed by atoms with E-state index in [-0.39, 0.29) is 34.7 Å². The molecule has 0 aliphatic heterocycles. The smallest absolute Gasteiger partial charge is 0.168 e. The van der Waals surface area contributed by atoms with Crippen LogP contribution in [-0.2, 0) is 0 Å². The van der Waals surface area contributed by atoms with Crippen molar-refractivity contribution in [1.29, 1.82) is 0 Å². The van der Waals surface area contributed by atoms with Crippen LogP contribution in [0.5, 0.6) is 0 Å². The van der Waals surface area contributed by atoms with Crippen LogP contribution in [-0.4, -0.2) is 11.6 Å². The second-order valence-corrected chi connectivity index (χ2v) is 10.4. The predicted octanol–water partition coefficient (Wildman–Crippen LogP) is 7.68. The lowest BCUT2D eigenvalue weighted by Crippen LogP contribution is -2.42. The summed E-state index contributed by atoms with van der Waals surface area (Å²) in [5.41, 5.74) is 5.30. The van der Waals surface area contributed by atoms with Crippen molar-refractivity contribution in [3.8, 4) is 0 Å². The molecule has 1 aromatic carbocycles. The van der Waals surface area contributed by atoms with E-state index in [4.69, 9.17) is 0 Å². The van der Waals surface area contributed by atoms with E-state index in [0.29, 0.717) is 11.1 Å².